The molecule has 0 saturated carbocycles. The van der Waals surface area contributed by atoms with Gasteiger partial charge in [-0.3, -0.25) is 14.7 Å². The summed E-state index contributed by atoms with van der Waals surface area (Å²) in [5.74, 6) is -0.428. The topological polar surface area (TPSA) is 84.9 Å². The molecular weight excluding hydrogens is 254 g/mol. The number of methoxy groups -OCH3 is 1. The highest BCUT2D eigenvalue weighted by atomic mass is 32.2. The molecule has 1 rings (SSSR count). The van der Waals surface area contributed by atoms with E-state index in [1.165, 1.54) is 25.2 Å². The maximum atomic E-state index is 12.2. The Morgan fingerprint density at radius 3 is 2.56 bits per heavy atom. The molecule has 0 atom stereocenters. The molecule has 6 nitrogen and oxygen atoms in total. The lowest BCUT2D eigenvalue weighted by atomic mass is 9.79. The molecule has 1 N–H and O–H groups in total. The first-order chi connectivity index (χ1) is 8.60. The van der Waals surface area contributed by atoms with Crippen molar-refractivity contribution in [3.05, 3.63) is 6.33 Å². The van der Waals surface area contributed by atoms with E-state index in [9.17, 15) is 9.59 Å². The van der Waals surface area contributed by atoms with Gasteiger partial charge in [-0.05, 0) is 12.8 Å². The number of rotatable bonds is 7. The molecule has 0 aliphatic heterocycles. The Hall–Kier alpha value is -1.37. The average molecular weight is 271 g/mol. The monoisotopic (exact) mass is 271 g/mol. The predicted octanol–water partition coefficient (Wildman–Crippen LogP) is 1.45. The molecular formula is C11H17N3O3S. The van der Waals surface area contributed by atoms with Crippen LogP contribution in [-0.2, 0) is 14.3 Å². The minimum atomic E-state index is -1.04. The van der Waals surface area contributed by atoms with Crippen LogP contribution in [0.3, 0.4) is 0 Å². The molecule has 7 heteroatoms. The third-order valence-corrected chi connectivity index (χ3v) is 3.93. The lowest BCUT2D eigenvalue weighted by molar-refractivity contribution is -0.157. The van der Waals surface area contributed by atoms with Crippen LogP contribution in [0.15, 0.2) is 11.5 Å². The zero-order valence-electron chi connectivity index (χ0n) is 10.7. The number of hydrogen-bond acceptors (Lipinski definition) is 6. The summed E-state index contributed by atoms with van der Waals surface area (Å²) < 4.78 is 4.75. The molecule has 1 aromatic heterocycles. The number of ketones is 1. The van der Waals surface area contributed by atoms with Crippen LogP contribution in [-0.4, -0.2) is 39.8 Å². The maximum Gasteiger partial charge on any atom is 0.319 e. The highest BCUT2D eigenvalue weighted by Crippen LogP contribution is 2.31. The van der Waals surface area contributed by atoms with Gasteiger partial charge in [0, 0.05) is 0 Å². The Labute approximate surface area is 110 Å². The molecule has 0 aromatic carbocycles. The summed E-state index contributed by atoms with van der Waals surface area (Å²) in [6.07, 6.45) is 2.25. The number of aromatic amines is 1. The van der Waals surface area contributed by atoms with Gasteiger partial charge in [0.2, 0.25) is 0 Å². The Kier molecular flexibility index (Phi) is 5.33. The smallest absolute Gasteiger partial charge is 0.319 e. The fraction of sp³-hybridized carbons (Fsp3) is 0.636. The molecule has 0 fully saturated rings. The molecule has 0 radical (unpaired) electrons. The average Bonchev–Trinajstić information content (AvgIpc) is 2.91. The SMILES string of the molecule is CCC(CC)(C(=O)CSc1ncn[nH]1)C(=O)OC. The van der Waals surface area contributed by atoms with E-state index in [0.29, 0.717) is 18.0 Å². The van der Waals surface area contributed by atoms with Gasteiger partial charge in [-0.15, -0.1) is 0 Å². The maximum absolute atomic E-state index is 12.2. The van der Waals surface area contributed by atoms with E-state index in [1.807, 2.05) is 13.8 Å². The van der Waals surface area contributed by atoms with Crippen LogP contribution in [0.4, 0.5) is 0 Å². The van der Waals surface area contributed by atoms with Crippen LogP contribution in [0.5, 0.6) is 0 Å². The number of carbonyl (C=O) groups excluding carboxylic acids is 2. The standard InChI is InChI=1S/C11H17N3O3S/c1-4-11(5-2,9(16)17-3)8(15)6-18-10-12-7-13-14-10/h7H,4-6H2,1-3H3,(H,12,13,14). The molecule has 0 saturated heterocycles. The zero-order chi connectivity index (χ0) is 13.6. The van der Waals surface area contributed by atoms with E-state index in [2.05, 4.69) is 15.2 Å². The number of hydrogen-bond donors (Lipinski definition) is 1. The quantitative estimate of drug-likeness (QED) is 0.459. The minimum absolute atomic E-state index is 0.138. The summed E-state index contributed by atoms with van der Waals surface area (Å²) >= 11 is 1.23. The van der Waals surface area contributed by atoms with E-state index in [-0.39, 0.29) is 11.5 Å². The first kappa shape index (κ1) is 14.7. The summed E-state index contributed by atoms with van der Waals surface area (Å²) in [4.78, 5) is 28.0. The van der Waals surface area contributed by atoms with Crippen molar-refractivity contribution in [2.24, 2.45) is 5.41 Å². The van der Waals surface area contributed by atoms with Gasteiger partial charge in [0.25, 0.3) is 0 Å². The van der Waals surface area contributed by atoms with Crippen molar-refractivity contribution in [1.29, 1.82) is 0 Å². The summed E-state index contributed by atoms with van der Waals surface area (Å²) in [5, 5.41) is 6.91. The van der Waals surface area contributed by atoms with Crippen LogP contribution in [0, 0.1) is 5.41 Å². The van der Waals surface area contributed by atoms with Gasteiger partial charge in [0.1, 0.15) is 11.7 Å². The molecule has 1 aromatic rings. The molecule has 0 aliphatic rings. The van der Waals surface area contributed by atoms with Crippen molar-refractivity contribution in [2.75, 3.05) is 12.9 Å². The predicted molar refractivity (Wildman–Crippen MR) is 67.1 cm³/mol. The van der Waals surface area contributed by atoms with Gasteiger partial charge in [0.15, 0.2) is 10.9 Å². The molecule has 0 bridgehead atoms. The fourth-order valence-electron chi connectivity index (χ4n) is 1.78. The van der Waals surface area contributed by atoms with Crippen LogP contribution >= 0.6 is 11.8 Å². The second-order valence-corrected chi connectivity index (χ2v) is 4.75. The second kappa shape index (κ2) is 6.53. The third-order valence-electron chi connectivity index (χ3n) is 3.05. The molecule has 100 valence electrons. The number of H-pyrrole nitrogens is 1. The van der Waals surface area contributed by atoms with Crippen molar-refractivity contribution in [3.8, 4) is 0 Å². The van der Waals surface area contributed by atoms with Gasteiger partial charge < -0.3 is 4.74 Å². The van der Waals surface area contributed by atoms with Gasteiger partial charge in [-0.2, -0.15) is 5.10 Å². The summed E-state index contributed by atoms with van der Waals surface area (Å²) in [5.41, 5.74) is -1.04. The number of esters is 1. The molecule has 18 heavy (non-hydrogen) atoms. The van der Waals surface area contributed by atoms with Crippen molar-refractivity contribution in [3.63, 3.8) is 0 Å². The van der Waals surface area contributed by atoms with Crippen molar-refractivity contribution >= 4 is 23.5 Å². The Morgan fingerprint density at radius 2 is 2.11 bits per heavy atom. The molecule has 0 amide bonds. The Balaban J connectivity index is 2.74. The summed E-state index contributed by atoms with van der Waals surface area (Å²) in [7, 11) is 1.30. The third kappa shape index (κ3) is 2.90. The summed E-state index contributed by atoms with van der Waals surface area (Å²) in [6, 6.07) is 0. The van der Waals surface area contributed by atoms with Crippen molar-refractivity contribution in [2.45, 2.75) is 31.8 Å². The number of Topliss-reactive ketones (excluding diaryl/α,β-unsaturated/α-hetero) is 1. The number of nitrogens with one attached hydrogen (secondary N) is 1. The van der Waals surface area contributed by atoms with Gasteiger partial charge in [0.05, 0.1) is 12.9 Å². The van der Waals surface area contributed by atoms with Gasteiger partial charge in [-0.25, -0.2) is 4.98 Å². The number of ether oxygens (including phenoxy) is 1. The lowest BCUT2D eigenvalue weighted by Crippen LogP contribution is -2.40. The van der Waals surface area contributed by atoms with E-state index in [4.69, 9.17) is 4.74 Å². The van der Waals surface area contributed by atoms with Crippen LogP contribution in [0.25, 0.3) is 0 Å². The Bertz CT molecular complexity index is 402. The van der Waals surface area contributed by atoms with Gasteiger partial charge in [-0.1, -0.05) is 25.6 Å². The molecule has 0 aliphatic carbocycles. The van der Waals surface area contributed by atoms with E-state index in [0.717, 1.165) is 0 Å². The largest absolute Gasteiger partial charge is 0.468 e. The minimum Gasteiger partial charge on any atom is -0.468 e. The van der Waals surface area contributed by atoms with E-state index in [1.54, 1.807) is 0 Å². The van der Waals surface area contributed by atoms with Crippen LogP contribution < -0.4 is 0 Å². The second-order valence-electron chi connectivity index (χ2n) is 3.78. The van der Waals surface area contributed by atoms with E-state index < -0.39 is 11.4 Å². The molecule has 1 heterocycles. The van der Waals surface area contributed by atoms with Crippen molar-refractivity contribution in [1.82, 2.24) is 15.2 Å². The highest BCUT2D eigenvalue weighted by Gasteiger charge is 2.43. The fourth-order valence-corrected chi connectivity index (χ4v) is 2.56. The number of thioether (sulfide) groups is 1. The number of carbonyl (C=O) groups is 2. The highest BCUT2D eigenvalue weighted by molar-refractivity contribution is 7.99. The zero-order valence-corrected chi connectivity index (χ0v) is 11.5. The normalized spacial score (nSPS) is 11.3. The van der Waals surface area contributed by atoms with Crippen molar-refractivity contribution < 1.29 is 14.3 Å². The summed E-state index contributed by atoms with van der Waals surface area (Å²) in [6.45, 7) is 3.63. The number of nitrogens with zero attached hydrogens (tertiary/aromatic N) is 2. The van der Waals surface area contributed by atoms with Gasteiger partial charge >= 0.3 is 5.97 Å². The molecule has 0 unspecified atom stereocenters. The first-order valence-corrected chi connectivity index (χ1v) is 6.69. The number of aromatic nitrogens is 3. The van der Waals surface area contributed by atoms with E-state index >= 15 is 0 Å². The Morgan fingerprint density at radius 1 is 1.44 bits per heavy atom. The molecule has 0 spiro atoms. The van der Waals surface area contributed by atoms with Crippen LogP contribution in [0.2, 0.25) is 0 Å². The van der Waals surface area contributed by atoms with Crippen LogP contribution in [0.1, 0.15) is 26.7 Å². The lowest BCUT2D eigenvalue weighted by Gasteiger charge is -2.26. The first-order valence-electron chi connectivity index (χ1n) is 5.70.